The number of fused-ring (bicyclic) bond motifs is 1. The fourth-order valence-corrected chi connectivity index (χ4v) is 3.09. The number of halogens is 1. The summed E-state index contributed by atoms with van der Waals surface area (Å²) in [5.74, 6) is 1.61. The zero-order valence-electron chi connectivity index (χ0n) is 11.5. The van der Waals surface area contributed by atoms with E-state index in [1.54, 1.807) is 0 Å². The van der Waals surface area contributed by atoms with Gasteiger partial charge in [-0.1, -0.05) is 0 Å². The number of nitrogens with one attached hydrogen (secondary N) is 1. The molecule has 2 heterocycles. The Bertz CT molecular complexity index is 484. The maximum atomic E-state index is 5.73. The molecule has 2 aliphatic rings. The van der Waals surface area contributed by atoms with Crippen LogP contribution in [0.3, 0.4) is 0 Å². The zero-order valence-corrected chi connectivity index (χ0v) is 13.1. The minimum Gasteiger partial charge on any atom is -0.454 e. The predicted molar refractivity (Wildman–Crippen MR) is 79.2 cm³/mol. The van der Waals surface area contributed by atoms with Crippen molar-refractivity contribution < 1.29 is 14.2 Å². The average Bonchev–Trinajstić information content (AvgIpc) is 2.88. The number of benzene rings is 1. The Labute approximate surface area is 127 Å². The van der Waals surface area contributed by atoms with Crippen molar-refractivity contribution in [3.63, 3.8) is 0 Å². The predicted octanol–water partition coefficient (Wildman–Crippen LogP) is 1.60. The van der Waals surface area contributed by atoms with Gasteiger partial charge < -0.3 is 24.4 Å². The van der Waals surface area contributed by atoms with E-state index in [1.165, 1.54) is 5.56 Å². The Hall–Kier alpha value is -0.820. The minimum absolute atomic E-state index is 0.270. The van der Waals surface area contributed by atoms with E-state index < -0.39 is 0 Å². The molecule has 0 aliphatic carbocycles. The Balaban J connectivity index is 1.52. The molecular weight excluding hydrogens is 324 g/mol. The van der Waals surface area contributed by atoms with Crippen molar-refractivity contribution in [2.24, 2.45) is 0 Å². The fraction of sp³-hybridized carbons (Fsp3) is 0.571. The van der Waals surface area contributed by atoms with Crippen molar-refractivity contribution in [3.05, 3.63) is 22.2 Å². The smallest absolute Gasteiger partial charge is 0.231 e. The second-order valence-electron chi connectivity index (χ2n) is 5.20. The van der Waals surface area contributed by atoms with Crippen LogP contribution in [0.4, 0.5) is 0 Å². The molecule has 0 aromatic heterocycles. The molecule has 3 rings (SSSR count). The monoisotopic (exact) mass is 342 g/mol. The molecule has 6 heteroatoms. The SMILES string of the molecule is CN1CCO[C@H](CNCc2cc(Br)c3c(c2)OCO3)C1. The Morgan fingerprint density at radius 1 is 1.40 bits per heavy atom. The summed E-state index contributed by atoms with van der Waals surface area (Å²) < 4.78 is 17.5. The Morgan fingerprint density at radius 2 is 2.30 bits per heavy atom. The third kappa shape index (κ3) is 3.25. The van der Waals surface area contributed by atoms with Crippen LogP contribution in [-0.4, -0.2) is 51.1 Å². The summed E-state index contributed by atoms with van der Waals surface area (Å²) in [6, 6.07) is 4.09. The van der Waals surface area contributed by atoms with Crippen molar-refractivity contribution in [2.75, 3.05) is 40.1 Å². The van der Waals surface area contributed by atoms with E-state index in [9.17, 15) is 0 Å². The van der Waals surface area contributed by atoms with Crippen LogP contribution in [0, 0.1) is 0 Å². The van der Waals surface area contributed by atoms with E-state index in [2.05, 4.69) is 39.3 Å². The molecule has 110 valence electrons. The van der Waals surface area contributed by atoms with Crippen molar-refractivity contribution in [3.8, 4) is 11.5 Å². The number of morpholine rings is 1. The number of hydrogen-bond donors (Lipinski definition) is 1. The van der Waals surface area contributed by atoms with Gasteiger partial charge in [-0.15, -0.1) is 0 Å². The molecular formula is C14H19BrN2O3. The summed E-state index contributed by atoms with van der Waals surface area (Å²) in [5.41, 5.74) is 1.17. The summed E-state index contributed by atoms with van der Waals surface area (Å²) in [6.45, 7) is 4.77. The van der Waals surface area contributed by atoms with Gasteiger partial charge in [0.25, 0.3) is 0 Å². The largest absolute Gasteiger partial charge is 0.454 e. The van der Waals surface area contributed by atoms with Gasteiger partial charge in [-0.25, -0.2) is 0 Å². The lowest BCUT2D eigenvalue weighted by Crippen LogP contribution is -2.44. The first-order valence-electron chi connectivity index (χ1n) is 6.81. The summed E-state index contributed by atoms with van der Waals surface area (Å²) in [4.78, 5) is 2.30. The first-order chi connectivity index (χ1) is 9.72. The lowest BCUT2D eigenvalue weighted by atomic mass is 10.2. The molecule has 2 aliphatic heterocycles. The average molecular weight is 343 g/mol. The molecule has 0 amide bonds. The lowest BCUT2D eigenvalue weighted by Gasteiger charge is -2.30. The number of nitrogens with zero attached hydrogens (tertiary/aromatic N) is 1. The van der Waals surface area contributed by atoms with Crippen LogP contribution in [0.15, 0.2) is 16.6 Å². The van der Waals surface area contributed by atoms with Gasteiger partial charge in [0.2, 0.25) is 6.79 Å². The van der Waals surface area contributed by atoms with Crippen molar-refractivity contribution in [1.82, 2.24) is 10.2 Å². The van der Waals surface area contributed by atoms with Crippen LogP contribution in [0.5, 0.6) is 11.5 Å². The maximum Gasteiger partial charge on any atom is 0.231 e. The van der Waals surface area contributed by atoms with E-state index in [0.717, 1.165) is 48.8 Å². The number of rotatable bonds is 4. The van der Waals surface area contributed by atoms with Gasteiger partial charge in [-0.2, -0.15) is 0 Å². The molecule has 1 fully saturated rings. The second-order valence-corrected chi connectivity index (χ2v) is 6.05. The van der Waals surface area contributed by atoms with Gasteiger partial charge in [-0.3, -0.25) is 0 Å². The fourth-order valence-electron chi connectivity index (χ4n) is 2.49. The van der Waals surface area contributed by atoms with Crippen LogP contribution in [0.1, 0.15) is 5.56 Å². The Morgan fingerprint density at radius 3 is 3.15 bits per heavy atom. The third-order valence-electron chi connectivity index (χ3n) is 3.53. The van der Waals surface area contributed by atoms with Crippen molar-refractivity contribution in [2.45, 2.75) is 12.6 Å². The Kier molecular flexibility index (Phi) is 4.45. The standard InChI is InChI=1S/C14H19BrN2O3/c1-17-2-3-18-11(8-17)7-16-6-10-4-12(15)14-13(5-10)19-9-20-14/h4-5,11,16H,2-3,6-9H2,1H3/t11-/m1/s1. The van der Waals surface area contributed by atoms with E-state index in [0.29, 0.717) is 6.79 Å². The minimum atomic E-state index is 0.270. The molecule has 1 aromatic rings. The number of likely N-dealkylation sites (N-methyl/N-ethyl adjacent to an activating group) is 1. The number of ether oxygens (including phenoxy) is 3. The van der Waals surface area contributed by atoms with E-state index in [-0.39, 0.29) is 6.10 Å². The van der Waals surface area contributed by atoms with Gasteiger partial charge in [-0.05, 0) is 40.7 Å². The molecule has 0 bridgehead atoms. The molecule has 0 spiro atoms. The molecule has 1 aromatic carbocycles. The number of hydrogen-bond acceptors (Lipinski definition) is 5. The van der Waals surface area contributed by atoms with Crippen molar-refractivity contribution in [1.29, 1.82) is 0 Å². The summed E-state index contributed by atoms with van der Waals surface area (Å²) >= 11 is 3.51. The molecule has 1 N–H and O–H groups in total. The van der Waals surface area contributed by atoms with Crippen molar-refractivity contribution >= 4 is 15.9 Å². The highest BCUT2D eigenvalue weighted by Crippen LogP contribution is 2.39. The van der Waals surface area contributed by atoms with Crippen LogP contribution >= 0.6 is 15.9 Å². The molecule has 1 atom stereocenters. The zero-order chi connectivity index (χ0) is 13.9. The molecule has 1 saturated heterocycles. The highest BCUT2D eigenvalue weighted by Gasteiger charge is 2.19. The van der Waals surface area contributed by atoms with Crippen LogP contribution in [0.25, 0.3) is 0 Å². The summed E-state index contributed by atoms with van der Waals surface area (Å²) in [7, 11) is 2.13. The van der Waals surface area contributed by atoms with Crippen LogP contribution in [-0.2, 0) is 11.3 Å². The molecule has 20 heavy (non-hydrogen) atoms. The van der Waals surface area contributed by atoms with Gasteiger partial charge >= 0.3 is 0 Å². The van der Waals surface area contributed by atoms with Crippen LogP contribution < -0.4 is 14.8 Å². The highest BCUT2D eigenvalue weighted by molar-refractivity contribution is 9.10. The third-order valence-corrected chi connectivity index (χ3v) is 4.12. The van der Waals surface area contributed by atoms with Gasteiger partial charge in [0.05, 0.1) is 17.2 Å². The molecule has 0 saturated carbocycles. The van der Waals surface area contributed by atoms with E-state index >= 15 is 0 Å². The molecule has 5 nitrogen and oxygen atoms in total. The first-order valence-corrected chi connectivity index (χ1v) is 7.60. The summed E-state index contributed by atoms with van der Waals surface area (Å²) in [5, 5.41) is 3.44. The van der Waals surface area contributed by atoms with E-state index in [4.69, 9.17) is 14.2 Å². The molecule has 0 radical (unpaired) electrons. The summed E-state index contributed by atoms with van der Waals surface area (Å²) in [6.07, 6.45) is 0.270. The molecule has 0 unspecified atom stereocenters. The maximum absolute atomic E-state index is 5.73. The van der Waals surface area contributed by atoms with Gasteiger partial charge in [0, 0.05) is 26.2 Å². The first kappa shape index (κ1) is 14.1. The quantitative estimate of drug-likeness (QED) is 0.900. The van der Waals surface area contributed by atoms with Crippen LogP contribution in [0.2, 0.25) is 0 Å². The van der Waals surface area contributed by atoms with Gasteiger partial charge in [0.15, 0.2) is 11.5 Å². The lowest BCUT2D eigenvalue weighted by molar-refractivity contribution is -0.0182. The van der Waals surface area contributed by atoms with E-state index in [1.807, 2.05) is 6.07 Å². The van der Waals surface area contributed by atoms with Gasteiger partial charge in [0.1, 0.15) is 0 Å². The normalized spacial score (nSPS) is 22.2. The highest BCUT2D eigenvalue weighted by atomic mass is 79.9. The topological polar surface area (TPSA) is 43.0 Å². The second kappa shape index (κ2) is 6.30.